The van der Waals surface area contributed by atoms with Crippen LogP contribution in [0.15, 0.2) is 41.8 Å². The van der Waals surface area contributed by atoms with Gasteiger partial charge in [-0.15, -0.1) is 11.3 Å². The molecular formula is C15H15NO2S. The maximum absolute atomic E-state index is 12.1. The van der Waals surface area contributed by atoms with Gasteiger partial charge in [0.05, 0.1) is 12.5 Å². The molecule has 0 saturated carbocycles. The summed E-state index contributed by atoms with van der Waals surface area (Å²) in [6, 6.07) is 11.9. The van der Waals surface area contributed by atoms with E-state index in [9.17, 15) is 4.79 Å². The highest BCUT2D eigenvalue weighted by Gasteiger charge is 2.25. The summed E-state index contributed by atoms with van der Waals surface area (Å²) in [5.41, 5.74) is 1.12. The number of para-hydroxylation sites is 1. The second-order valence-electron chi connectivity index (χ2n) is 4.62. The van der Waals surface area contributed by atoms with Crippen LogP contribution in [0, 0.1) is 5.92 Å². The Labute approximate surface area is 116 Å². The summed E-state index contributed by atoms with van der Waals surface area (Å²) in [7, 11) is 0. The molecule has 0 bridgehead atoms. The van der Waals surface area contributed by atoms with E-state index in [4.69, 9.17) is 4.74 Å². The van der Waals surface area contributed by atoms with Gasteiger partial charge in [0, 0.05) is 4.88 Å². The Morgan fingerprint density at radius 3 is 3.05 bits per heavy atom. The first-order valence-electron chi connectivity index (χ1n) is 6.34. The molecule has 1 atom stereocenters. The van der Waals surface area contributed by atoms with Crippen molar-refractivity contribution in [3.05, 3.63) is 52.2 Å². The highest BCUT2D eigenvalue weighted by molar-refractivity contribution is 7.09. The predicted octanol–water partition coefficient (Wildman–Crippen LogP) is 2.62. The van der Waals surface area contributed by atoms with Gasteiger partial charge in [-0.3, -0.25) is 4.79 Å². The van der Waals surface area contributed by atoms with Crippen molar-refractivity contribution >= 4 is 17.2 Å². The molecule has 4 heteroatoms. The fourth-order valence-electron chi connectivity index (χ4n) is 2.23. The summed E-state index contributed by atoms with van der Waals surface area (Å²) in [5.74, 6) is 0.891. The molecule has 19 heavy (non-hydrogen) atoms. The molecule has 1 aliphatic heterocycles. The Hall–Kier alpha value is -1.81. The Kier molecular flexibility index (Phi) is 3.51. The van der Waals surface area contributed by atoms with Gasteiger partial charge in [0.25, 0.3) is 0 Å². The average molecular weight is 273 g/mol. The lowest BCUT2D eigenvalue weighted by Crippen LogP contribution is -2.36. The van der Waals surface area contributed by atoms with E-state index in [1.165, 1.54) is 4.88 Å². The highest BCUT2D eigenvalue weighted by atomic mass is 32.1. The number of nitrogens with one attached hydrogen (secondary N) is 1. The van der Waals surface area contributed by atoms with E-state index < -0.39 is 0 Å². The van der Waals surface area contributed by atoms with E-state index in [0.717, 1.165) is 17.7 Å². The number of rotatable bonds is 3. The Morgan fingerprint density at radius 1 is 1.32 bits per heavy atom. The van der Waals surface area contributed by atoms with Crippen LogP contribution in [-0.2, 0) is 17.8 Å². The molecule has 0 radical (unpaired) electrons. The fraction of sp³-hybridized carbons (Fsp3) is 0.267. The first-order valence-corrected chi connectivity index (χ1v) is 7.21. The van der Waals surface area contributed by atoms with Crippen molar-refractivity contribution in [1.29, 1.82) is 0 Å². The maximum Gasteiger partial charge on any atom is 0.227 e. The van der Waals surface area contributed by atoms with Gasteiger partial charge in [-0.1, -0.05) is 24.3 Å². The molecule has 0 aliphatic carbocycles. The van der Waals surface area contributed by atoms with E-state index in [0.29, 0.717) is 13.2 Å². The zero-order valence-electron chi connectivity index (χ0n) is 10.5. The normalized spacial score (nSPS) is 17.4. The van der Waals surface area contributed by atoms with Crippen LogP contribution in [0.4, 0.5) is 0 Å². The molecule has 1 amide bonds. The van der Waals surface area contributed by atoms with Crippen molar-refractivity contribution in [3.8, 4) is 5.75 Å². The van der Waals surface area contributed by atoms with Gasteiger partial charge in [0.15, 0.2) is 0 Å². The van der Waals surface area contributed by atoms with Crippen molar-refractivity contribution in [2.75, 3.05) is 6.61 Å². The molecule has 2 heterocycles. The quantitative estimate of drug-likeness (QED) is 0.933. The van der Waals surface area contributed by atoms with Crippen LogP contribution in [0.1, 0.15) is 10.4 Å². The van der Waals surface area contributed by atoms with Crippen molar-refractivity contribution in [3.63, 3.8) is 0 Å². The van der Waals surface area contributed by atoms with Crippen molar-refractivity contribution in [2.24, 2.45) is 5.92 Å². The third-order valence-electron chi connectivity index (χ3n) is 3.27. The van der Waals surface area contributed by atoms with Gasteiger partial charge in [-0.2, -0.15) is 0 Å². The van der Waals surface area contributed by atoms with Gasteiger partial charge in [-0.05, 0) is 29.5 Å². The van der Waals surface area contributed by atoms with Crippen molar-refractivity contribution in [1.82, 2.24) is 5.32 Å². The highest BCUT2D eigenvalue weighted by Crippen LogP contribution is 2.26. The van der Waals surface area contributed by atoms with Gasteiger partial charge >= 0.3 is 0 Å². The summed E-state index contributed by atoms with van der Waals surface area (Å²) in [6.45, 7) is 1.07. The summed E-state index contributed by atoms with van der Waals surface area (Å²) < 4.78 is 5.64. The number of ether oxygens (including phenoxy) is 1. The molecule has 3 rings (SSSR count). The minimum Gasteiger partial charge on any atom is -0.492 e. The third kappa shape index (κ3) is 2.79. The lowest BCUT2D eigenvalue weighted by Gasteiger charge is -2.24. The summed E-state index contributed by atoms with van der Waals surface area (Å²) in [4.78, 5) is 13.3. The molecular weight excluding hydrogens is 258 g/mol. The number of carbonyl (C=O) groups excluding carboxylic acids is 1. The second-order valence-corrected chi connectivity index (χ2v) is 5.65. The van der Waals surface area contributed by atoms with E-state index in [-0.39, 0.29) is 11.8 Å². The number of hydrogen-bond acceptors (Lipinski definition) is 3. The topological polar surface area (TPSA) is 38.3 Å². The number of benzene rings is 1. The number of carbonyl (C=O) groups is 1. The number of thiophene rings is 1. The minimum absolute atomic E-state index is 0.0721. The molecule has 1 aromatic carbocycles. The summed E-state index contributed by atoms with van der Waals surface area (Å²) in [6.07, 6.45) is 0.756. The standard InChI is InChI=1S/C15H15NO2S/c17-15(16-9-13-5-3-7-19-13)12-8-11-4-1-2-6-14(11)18-10-12/h1-7,12H,8-10H2,(H,16,17). The van der Waals surface area contributed by atoms with Crippen LogP contribution in [0.5, 0.6) is 5.75 Å². The molecule has 0 fully saturated rings. The smallest absolute Gasteiger partial charge is 0.227 e. The van der Waals surface area contributed by atoms with Crippen molar-refractivity contribution in [2.45, 2.75) is 13.0 Å². The third-order valence-corrected chi connectivity index (χ3v) is 4.14. The Balaban J connectivity index is 1.60. The fourth-order valence-corrected chi connectivity index (χ4v) is 2.87. The SMILES string of the molecule is O=C(NCc1cccs1)C1COc2ccccc2C1. The van der Waals surface area contributed by atoms with Crippen LogP contribution >= 0.6 is 11.3 Å². The van der Waals surface area contributed by atoms with E-state index >= 15 is 0 Å². The lowest BCUT2D eigenvalue weighted by molar-refractivity contribution is -0.126. The van der Waals surface area contributed by atoms with Gasteiger partial charge in [-0.25, -0.2) is 0 Å². The van der Waals surface area contributed by atoms with Gasteiger partial charge < -0.3 is 10.1 Å². The minimum atomic E-state index is -0.0881. The number of fused-ring (bicyclic) bond motifs is 1. The largest absolute Gasteiger partial charge is 0.492 e. The van der Waals surface area contributed by atoms with E-state index in [2.05, 4.69) is 5.32 Å². The van der Waals surface area contributed by atoms with E-state index in [1.807, 2.05) is 41.8 Å². The molecule has 3 nitrogen and oxygen atoms in total. The molecule has 1 N–H and O–H groups in total. The Morgan fingerprint density at radius 2 is 2.21 bits per heavy atom. The Bertz CT molecular complexity index is 565. The molecule has 98 valence electrons. The summed E-state index contributed by atoms with van der Waals surface area (Å²) >= 11 is 1.65. The monoisotopic (exact) mass is 273 g/mol. The predicted molar refractivity (Wildman–Crippen MR) is 75.3 cm³/mol. The first kappa shape index (κ1) is 12.2. The lowest BCUT2D eigenvalue weighted by atomic mass is 9.96. The average Bonchev–Trinajstić information content (AvgIpc) is 2.97. The first-order chi connectivity index (χ1) is 9.33. The number of amides is 1. The molecule has 0 spiro atoms. The maximum atomic E-state index is 12.1. The van der Waals surface area contributed by atoms with Crippen LogP contribution < -0.4 is 10.1 Å². The molecule has 1 aliphatic rings. The zero-order chi connectivity index (χ0) is 13.1. The van der Waals surface area contributed by atoms with Crippen LogP contribution in [0.2, 0.25) is 0 Å². The zero-order valence-corrected chi connectivity index (χ0v) is 11.3. The van der Waals surface area contributed by atoms with Gasteiger partial charge in [0.1, 0.15) is 12.4 Å². The van der Waals surface area contributed by atoms with Crippen LogP contribution in [0.3, 0.4) is 0 Å². The summed E-state index contributed by atoms with van der Waals surface area (Å²) in [5, 5.41) is 4.99. The molecule has 2 aromatic rings. The molecule has 1 aromatic heterocycles. The van der Waals surface area contributed by atoms with Crippen LogP contribution in [-0.4, -0.2) is 12.5 Å². The second kappa shape index (κ2) is 5.45. The molecule has 1 unspecified atom stereocenters. The number of hydrogen-bond donors (Lipinski definition) is 1. The van der Waals surface area contributed by atoms with Gasteiger partial charge in [0.2, 0.25) is 5.91 Å². The molecule has 0 saturated heterocycles. The van der Waals surface area contributed by atoms with Crippen LogP contribution in [0.25, 0.3) is 0 Å². The van der Waals surface area contributed by atoms with E-state index in [1.54, 1.807) is 11.3 Å². The van der Waals surface area contributed by atoms with Crippen molar-refractivity contribution < 1.29 is 9.53 Å².